The molecule has 0 radical (unpaired) electrons. The van der Waals surface area contributed by atoms with Crippen LogP contribution < -0.4 is 10.6 Å². The Labute approximate surface area is 151 Å². The average Bonchev–Trinajstić information content (AvgIpc) is 2.72. The largest absolute Gasteiger partial charge is 0.364 e. The zero-order valence-corrected chi connectivity index (χ0v) is 14.1. The lowest BCUT2D eigenvalue weighted by molar-refractivity contribution is 1.04. The van der Waals surface area contributed by atoms with Crippen molar-refractivity contribution in [1.82, 2.24) is 19.9 Å². The first kappa shape index (κ1) is 16.0. The first-order valence-corrected chi connectivity index (χ1v) is 8.42. The van der Waals surface area contributed by atoms with E-state index in [1.807, 2.05) is 36.4 Å². The molecule has 0 amide bonds. The molecule has 128 valence electrons. The van der Waals surface area contributed by atoms with Crippen molar-refractivity contribution in [3.05, 3.63) is 84.3 Å². The molecule has 4 rings (SSSR count). The van der Waals surface area contributed by atoms with Crippen molar-refractivity contribution in [1.29, 1.82) is 0 Å². The summed E-state index contributed by atoms with van der Waals surface area (Å²) in [5.41, 5.74) is 3.75. The predicted molar refractivity (Wildman–Crippen MR) is 103 cm³/mol. The minimum Gasteiger partial charge on any atom is -0.364 e. The Hall–Kier alpha value is -3.54. The fraction of sp³-hybridized carbons (Fsp3) is 0.100. The number of benzene rings is 2. The topological polar surface area (TPSA) is 75.6 Å². The lowest BCUT2D eigenvalue weighted by Gasteiger charge is -2.11. The summed E-state index contributed by atoms with van der Waals surface area (Å²) in [7, 11) is 0. The number of rotatable bonds is 6. The van der Waals surface area contributed by atoms with E-state index in [2.05, 4.69) is 54.8 Å². The molecule has 2 aromatic carbocycles. The van der Waals surface area contributed by atoms with Crippen LogP contribution in [0.4, 0.5) is 11.8 Å². The molecule has 0 saturated carbocycles. The van der Waals surface area contributed by atoms with Crippen LogP contribution in [0.1, 0.15) is 11.1 Å². The quantitative estimate of drug-likeness (QED) is 0.557. The molecule has 0 aliphatic rings. The standard InChI is InChI=1S/C20H18N6/c1-3-7-15(8-4-1)11-22-19-18-17(13-21-14-24-18)25-20(26-19)23-12-16-9-5-2-6-10-16/h1-10,13-14H,11-12H2,(H2,22,23,25,26). The van der Waals surface area contributed by atoms with E-state index in [1.54, 1.807) is 6.20 Å². The molecular formula is C20H18N6. The second-order valence-electron chi connectivity index (χ2n) is 5.83. The minimum atomic E-state index is 0.548. The molecule has 0 aliphatic carbocycles. The van der Waals surface area contributed by atoms with E-state index in [0.717, 1.165) is 0 Å². The first-order valence-electron chi connectivity index (χ1n) is 8.42. The van der Waals surface area contributed by atoms with Crippen molar-refractivity contribution in [3.63, 3.8) is 0 Å². The number of nitrogens with zero attached hydrogens (tertiary/aromatic N) is 4. The van der Waals surface area contributed by atoms with Crippen molar-refractivity contribution < 1.29 is 0 Å². The highest BCUT2D eigenvalue weighted by molar-refractivity contribution is 5.85. The zero-order valence-electron chi connectivity index (χ0n) is 14.1. The van der Waals surface area contributed by atoms with Gasteiger partial charge < -0.3 is 10.6 Å². The molecule has 0 unspecified atom stereocenters. The van der Waals surface area contributed by atoms with Crippen LogP contribution in [-0.4, -0.2) is 19.9 Å². The van der Waals surface area contributed by atoms with Gasteiger partial charge in [-0.25, -0.2) is 15.0 Å². The Morgan fingerprint density at radius 2 is 1.38 bits per heavy atom. The summed E-state index contributed by atoms with van der Waals surface area (Å²) in [5, 5.41) is 6.64. The molecule has 0 aliphatic heterocycles. The number of fused-ring (bicyclic) bond motifs is 1. The van der Waals surface area contributed by atoms with Crippen LogP contribution in [-0.2, 0) is 13.1 Å². The second kappa shape index (κ2) is 7.57. The number of hydrogen-bond donors (Lipinski definition) is 2. The Balaban J connectivity index is 1.58. The molecule has 6 nitrogen and oxygen atoms in total. The molecule has 0 atom stereocenters. The minimum absolute atomic E-state index is 0.548. The number of aromatic nitrogens is 4. The van der Waals surface area contributed by atoms with Gasteiger partial charge in [0, 0.05) is 13.1 Å². The Kier molecular flexibility index (Phi) is 4.64. The molecule has 0 fully saturated rings. The maximum Gasteiger partial charge on any atom is 0.225 e. The van der Waals surface area contributed by atoms with Crippen molar-refractivity contribution in [2.24, 2.45) is 0 Å². The second-order valence-corrected chi connectivity index (χ2v) is 5.83. The predicted octanol–water partition coefficient (Wildman–Crippen LogP) is 3.64. The van der Waals surface area contributed by atoms with Crippen LogP contribution in [0.3, 0.4) is 0 Å². The molecule has 4 aromatic rings. The lowest BCUT2D eigenvalue weighted by Crippen LogP contribution is -2.08. The maximum absolute atomic E-state index is 4.61. The smallest absolute Gasteiger partial charge is 0.225 e. The van der Waals surface area contributed by atoms with E-state index in [9.17, 15) is 0 Å². The van der Waals surface area contributed by atoms with Gasteiger partial charge in [0.25, 0.3) is 0 Å². The van der Waals surface area contributed by atoms with Crippen molar-refractivity contribution in [2.45, 2.75) is 13.1 Å². The van der Waals surface area contributed by atoms with Crippen LogP contribution in [0.2, 0.25) is 0 Å². The summed E-state index contributed by atoms with van der Waals surface area (Å²) >= 11 is 0. The molecule has 2 heterocycles. The summed E-state index contributed by atoms with van der Waals surface area (Å²) in [5.74, 6) is 1.24. The Morgan fingerprint density at radius 1 is 0.731 bits per heavy atom. The fourth-order valence-electron chi connectivity index (χ4n) is 2.65. The van der Waals surface area contributed by atoms with Gasteiger partial charge in [0.2, 0.25) is 5.95 Å². The van der Waals surface area contributed by atoms with E-state index >= 15 is 0 Å². The highest BCUT2D eigenvalue weighted by Gasteiger charge is 2.09. The molecule has 2 aromatic heterocycles. The third-order valence-corrected chi connectivity index (χ3v) is 3.96. The highest BCUT2D eigenvalue weighted by atomic mass is 15.2. The monoisotopic (exact) mass is 342 g/mol. The van der Waals surface area contributed by atoms with E-state index < -0.39 is 0 Å². The summed E-state index contributed by atoms with van der Waals surface area (Å²) in [6.45, 7) is 1.31. The molecule has 0 bridgehead atoms. The van der Waals surface area contributed by atoms with Crippen LogP contribution >= 0.6 is 0 Å². The van der Waals surface area contributed by atoms with Gasteiger partial charge in [-0.1, -0.05) is 60.7 Å². The fourth-order valence-corrected chi connectivity index (χ4v) is 2.65. The van der Waals surface area contributed by atoms with Crippen LogP contribution in [0.25, 0.3) is 11.0 Å². The molecule has 0 saturated heterocycles. The maximum atomic E-state index is 4.61. The summed E-state index contributed by atoms with van der Waals surface area (Å²) in [6.07, 6.45) is 3.21. The van der Waals surface area contributed by atoms with Crippen LogP contribution in [0, 0.1) is 0 Å². The normalized spacial score (nSPS) is 10.6. The number of nitrogens with one attached hydrogen (secondary N) is 2. The average molecular weight is 342 g/mol. The van der Waals surface area contributed by atoms with E-state index in [-0.39, 0.29) is 0 Å². The van der Waals surface area contributed by atoms with E-state index in [4.69, 9.17) is 0 Å². The van der Waals surface area contributed by atoms with Gasteiger partial charge in [-0.15, -0.1) is 0 Å². The Bertz CT molecular complexity index is 989. The summed E-state index contributed by atoms with van der Waals surface area (Å²) in [6, 6.07) is 20.3. The van der Waals surface area contributed by atoms with Gasteiger partial charge in [-0.2, -0.15) is 4.98 Å². The number of anilines is 2. The third kappa shape index (κ3) is 3.75. The van der Waals surface area contributed by atoms with Crippen molar-refractivity contribution in [2.75, 3.05) is 10.6 Å². The Morgan fingerprint density at radius 3 is 2.08 bits per heavy atom. The van der Waals surface area contributed by atoms with E-state index in [1.165, 1.54) is 17.5 Å². The van der Waals surface area contributed by atoms with Gasteiger partial charge in [-0.3, -0.25) is 0 Å². The van der Waals surface area contributed by atoms with Gasteiger partial charge in [-0.05, 0) is 11.1 Å². The van der Waals surface area contributed by atoms with E-state index in [0.29, 0.717) is 35.9 Å². The third-order valence-electron chi connectivity index (χ3n) is 3.96. The number of hydrogen-bond acceptors (Lipinski definition) is 6. The van der Waals surface area contributed by atoms with Gasteiger partial charge in [0.1, 0.15) is 17.4 Å². The van der Waals surface area contributed by atoms with Crippen molar-refractivity contribution in [3.8, 4) is 0 Å². The molecule has 0 spiro atoms. The lowest BCUT2D eigenvalue weighted by atomic mass is 10.2. The summed E-state index contributed by atoms with van der Waals surface area (Å²) < 4.78 is 0. The van der Waals surface area contributed by atoms with Crippen LogP contribution in [0.15, 0.2) is 73.2 Å². The van der Waals surface area contributed by atoms with Gasteiger partial charge >= 0.3 is 0 Å². The molecular weight excluding hydrogens is 324 g/mol. The highest BCUT2D eigenvalue weighted by Crippen LogP contribution is 2.20. The SMILES string of the molecule is c1ccc(CNc2nc(NCc3ccccc3)c3ncncc3n2)cc1. The molecule has 26 heavy (non-hydrogen) atoms. The molecule has 2 N–H and O–H groups in total. The van der Waals surface area contributed by atoms with Gasteiger partial charge in [0.15, 0.2) is 5.82 Å². The molecule has 6 heteroatoms. The summed E-state index contributed by atoms with van der Waals surface area (Å²) in [4.78, 5) is 17.5. The van der Waals surface area contributed by atoms with Crippen LogP contribution in [0.5, 0.6) is 0 Å². The van der Waals surface area contributed by atoms with Crippen molar-refractivity contribution >= 4 is 22.8 Å². The van der Waals surface area contributed by atoms with Gasteiger partial charge in [0.05, 0.1) is 6.20 Å². The zero-order chi connectivity index (χ0) is 17.6. The first-order chi connectivity index (χ1) is 12.9.